The molecule has 0 fully saturated rings. The molecule has 1 N–H and O–H groups in total. The van der Waals surface area contributed by atoms with E-state index in [1.807, 2.05) is 0 Å². The van der Waals surface area contributed by atoms with Crippen LogP contribution in [0.25, 0.3) is 0 Å². The van der Waals surface area contributed by atoms with Gasteiger partial charge in [0.25, 0.3) is 0 Å². The van der Waals surface area contributed by atoms with Crippen LogP contribution in [0.4, 0.5) is 0 Å². The zero-order chi connectivity index (χ0) is 11.8. The third-order valence-electron chi connectivity index (χ3n) is 2.78. The molecular formula is C13H25N3. The van der Waals surface area contributed by atoms with E-state index < -0.39 is 0 Å². The van der Waals surface area contributed by atoms with E-state index in [0.717, 1.165) is 19.6 Å². The van der Waals surface area contributed by atoms with E-state index in [0.29, 0.717) is 0 Å². The summed E-state index contributed by atoms with van der Waals surface area (Å²) in [6.07, 6.45) is 4.67. The highest BCUT2D eigenvalue weighted by Crippen LogP contribution is 2.01. The van der Waals surface area contributed by atoms with Crippen molar-refractivity contribution in [3.8, 4) is 0 Å². The Morgan fingerprint density at radius 3 is 2.81 bits per heavy atom. The van der Waals surface area contributed by atoms with Gasteiger partial charge in [0.1, 0.15) is 0 Å². The smallest absolute Gasteiger partial charge is 0.0359 e. The van der Waals surface area contributed by atoms with Crippen LogP contribution in [0.5, 0.6) is 0 Å². The third kappa shape index (κ3) is 4.81. The molecule has 3 nitrogen and oxygen atoms in total. The van der Waals surface area contributed by atoms with Gasteiger partial charge >= 0.3 is 0 Å². The van der Waals surface area contributed by atoms with Gasteiger partial charge in [-0.2, -0.15) is 0 Å². The number of aromatic nitrogens is 1. The molecule has 0 saturated heterocycles. The van der Waals surface area contributed by atoms with Crippen molar-refractivity contribution < 1.29 is 0 Å². The molecule has 0 unspecified atom stereocenters. The van der Waals surface area contributed by atoms with Crippen molar-refractivity contribution in [1.29, 1.82) is 0 Å². The van der Waals surface area contributed by atoms with E-state index in [2.05, 4.69) is 54.1 Å². The van der Waals surface area contributed by atoms with Gasteiger partial charge in [-0.3, -0.25) is 0 Å². The standard InChI is InChI=1S/C13H25N3/c1-4-16-11-7-8-13(16)12-14-9-5-6-10-15(2)3/h7-8,11,14H,4-6,9-10,12H2,1-3H3. The molecule has 0 radical (unpaired) electrons. The Hall–Kier alpha value is -0.800. The normalized spacial score (nSPS) is 11.2. The van der Waals surface area contributed by atoms with Crippen LogP contribution in [0, 0.1) is 0 Å². The zero-order valence-electron chi connectivity index (χ0n) is 10.9. The van der Waals surface area contributed by atoms with Crippen LogP contribution in [-0.2, 0) is 13.1 Å². The summed E-state index contributed by atoms with van der Waals surface area (Å²) in [7, 11) is 4.25. The largest absolute Gasteiger partial charge is 0.351 e. The van der Waals surface area contributed by atoms with Gasteiger partial charge in [0, 0.05) is 25.0 Å². The van der Waals surface area contributed by atoms with Crippen molar-refractivity contribution in [3.05, 3.63) is 24.0 Å². The average molecular weight is 223 g/mol. The van der Waals surface area contributed by atoms with Crippen LogP contribution in [0.2, 0.25) is 0 Å². The fourth-order valence-corrected chi connectivity index (χ4v) is 1.81. The van der Waals surface area contributed by atoms with E-state index in [1.165, 1.54) is 25.1 Å². The lowest BCUT2D eigenvalue weighted by atomic mass is 10.3. The van der Waals surface area contributed by atoms with E-state index in [9.17, 15) is 0 Å². The van der Waals surface area contributed by atoms with E-state index >= 15 is 0 Å². The Balaban J connectivity index is 2.07. The number of hydrogen-bond donors (Lipinski definition) is 1. The quantitative estimate of drug-likeness (QED) is 0.680. The Morgan fingerprint density at radius 1 is 1.31 bits per heavy atom. The average Bonchev–Trinajstić information content (AvgIpc) is 2.70. The maximum absolute atomic E-state index is 3.50. The first-order chi connectivity index (χ1) is 7.74. The highest BCUT2D eigenvalue weighted by molar-refractivity contribution is 5.06. The highest BCUT2D eigenvalue weighted by atomic mass is 15.0. The first-order valence-corrected chi connectivity index (χ1v) is 6.23. The highest BCUT2D eigenvalue weighted by Gasteiger charge is 1.97. The molecule has 92 valence electrons. The van der Waals surface area contributed by atoms with Crippen molar-refractivity contribution >= 4 is 0 Å². The van der Waals surface area contributed by atoms with E-state index in [1.54, 1.807) is 0 Å². The maximum atomic E-state index is 3.50. The van der Waals surface area contributed by atoms with Crippen LogP contribution in [-0.4, -0.2) is 36.7 Å². The first-order valence-electron chi connectivity index (χ1n) is 6.23. The van der Waals surface area contributed by atoms with Gasteiger partial charge in [-0.1, -0.05) is 0 Å². The van der Waals surface area contributed by atoms with Crippen LogP contribution in [0.15, 0.2) is 18.3 Å². The minimum Gasteiger partial charge on any atom is -0.351 e. The Morgan fingerprint density at radius 2 is 2.12 bits per heavy atom. The lowest BCUT2D eigenvalue weighted by Gasteiger charge is -2.10. The molecule has 0 aliphatic rings. The van der Waals surface area contributed by atoms with Gasteiger partial charge in [0.2, 0.25) is 0 Å². The summed E-state index contributed by atoms with van der Waals surface area (Å²) in [5, 5.41) is 3.50. The van der Waals surface area contributed by atoms with Gasteiger partial charge in [0.05, 0.1) is 0 Å². The molecule has 1 rings (SSSR count). The molecule has 0 amide bonds. The molecule has 3 heteroatoms. The summed E-state index contributed by atoms with van der Waals surface area (Å²) in [6.45, 7) is 6.53. The number of unbranched alkanes of at least 4 members (excludes halogenated alkanes) is 1. The zero-order valence-corrected chi connectivity index (χ0v) is 10.9. The van der Waals surface area contributed by atoms with Crippen molar-refractivity contribution in [3.63, 3.8) is 0 Å². The van der Waals surface area contributed by atoms with Crippen LogP contribution < -0.4 is 5.32 Å². The Bertz CT molecular complexity index is 278. The molecule has 0 aliphatic heterocycles. The summed E-state index contributed by atoms with van der Waals surface area (Å²) in [6, 6.07) is 4.31. The van der Waals surface area contributed by atoms with Gasteiger partial charge in [-0.15, -0.1) is 0 Å². The third-order valence-corrected chi connectivity index (χ3v) is 2.78. The minimum atomic E-state index is 0.989. The Labute approximate surface area is 99.4 Å². The number of aryl methyl sites for hydroxylation is 1. The number of nitrogens with one attached hydrogen (secondary N) is 1. The summed E-state index contributed by atoms with van der Waals surface area (Å²) >= 11 is 0. The molecule has 0 bridgehead atoms. The number of rotatable bonds is 8. The maximum Gasteiger partial charge on any atom is 0.0359 e. The molecule has 1 aromatic rings. The molecule has 1 aromatic heterocycles. The summed E-state index contributed by atoms with van der Waals surface area (Å²) < 4.78 is 2.28. The van der Waals surface area contributed by atoms with Crippen molar-refractivity contribution in [2.75, 3.05) is 27.2 Å². The summed E-state index contributed by atoms with van der Waals surface area (Å²) in [5.41, 5.74) is 1.38. The van der Waals surface area contributed by atoms with Crippen molar-refractivity contribution in [2.24, 2.45) is 0 Å². The van der Waals surface area contributed by atoms with E-state index in [4.69, 9.17) is 0 Å². The molecule has 0 spiro atoms. The predicted molar refractivity (Wildman–Crippen MR) is 69.6 cm³/mol. The second kappa shape index (κ2) is 7.47. The van der Waals surface area contributed by atoms with Gasteiger partial charge in [-0.25, -0.2) is 0 Å². The fourth-order valence-electron chi connectivity index (χ4n) is 1.81. The first kappa shape index (κ1) is 13.3. The molecule has 0 atom stereocenters. The molecular weight excluding hydrogens is 198 g/mol. The predicted octanol–water partition coefficient (Wildman–Crippen LogP) is 1.94. The topological polar surface area (TPSA) is 20.2 Å². The minimum absolute atomic E-state index is 0.989. The molecule has 1 heterocycles. The molecule has 0 aliphatic carbocycles. The monoisotopic (exact) mass is 223 g/mol. The Kier molecular flexibility index (Phi) is 6.19. The van der Waals surface area contributed by atoms with Gasteiger partial charge < -0.3 is 14.8 Å². The summed E-state index contributed by atoms with van der Waals surface area (Å²) in [4.78, 5) is 2.24. The second-order valence-corrected chi connectivity index (χ2v) is 4.47. The van der Waals surface area contributed by atoms with Crippen molar-refractivity contribution in [1.82, 2.24) is 14.8 Å². The summed E-state index contributed by atoms with van der Waals surface area (Å²) in [5.74, 6) is 0. The SMILES string of the molecule is CCn1cccc1CNCCCCN(C)C. The molecule has 0 aromatic carbocycles. The lowest BCUT2D eigenvalue weighted by Crippen LogP contribution is -2.19. The van der Waals surface area contributed by atoms with Crippen LogP contribution in [0.3, 0.4) is 0 Å². The molecule has 16 heavy (non-hydrogen) atoms. The number of nitrogens with zero attached hydrogens (tertiary/aromatic N) is 2. The van der Waals surface area contributed by atoms with E-state index in [-0.39, 0.29) is 0 Å². The lowest BCUT2D eigenvalue weighted by molar-refractivity contribution is 0.391. The van der Waals surface area contributed by atoms with Gasteiger partial charge in [-0.05, 0) is 59.1 Å². The second-order valence-electron chi connectivity index (χ2n) is 4.47. The van der Waals surface area contributed by atoms with Crippen LogP contribution in [0.1, 0.15) is 25.5 Å². The number of hydrogen-bond acceptors (Lipinski definition) is 2. The van der Waals surface area contributed by atoms with Gasteiger partial charge in [0.15, 0.2) is 0 Å². The van der Waals surface area contributed by atoms with Crippen molar-refractivity contribution in [2.45, 2.75) is 32.9 Å². The fraction of sp³-hybridized carbons (Fsp3) is 0.692. The molecule has 0 saturated carbocycles. The van der Waals surface area contributed by atoms with Crippen LogP contribution >= 0.6 is 0 Å².